The van der Waals surface area contributed by atoms with E-state index in [0.29, 0.717) is 0 Å². The lowest BCUT2D eigenvalue weighted by atomic mass is 10.2. The number of anilines is 1. The number of aromatic hydroxyl groups is 2. The van der Waals surface area contributed by atoms with Crippen LogP contribution in [0, 0.1) is 10.1 Å². The van der Waals surface area contributed by atoms with E-state index < -0.39 is 16.6 Å². The molecule has 0 saturated heterocycles. The molecule has 1 aromatic carbocycles. The van der Waals surface area contributed by atoms with Crippen LogP contribution >= 0.6 is 11.3 Å². The summed E-state index contributed by atoms with van der Waals surface area (Å²) < 4.78 is 0. The number of nitrogens with zero attached hydrogens (tertiary/aromatic N) is 2. The molecule has 0 fully saturated rings. The zero-order valence-corrected chi connectivity index (χ0v) is 10.0. The fourth-order valence-electron chi connectivity index (χ4n) is 1.24. The van der Waals surface area contributed by atoms with E-state index in [-0.39, 0.29) is 21.4 Å². The molecule has 0 unspecified atom stereocenters. The number of carbonyl (C=O) groups is 1. The SMILES string of the molecule is O=C(Nc1ncc([N+](=O)[O-])s1)c1ccc(O)c(O)c1. The molecule has 0 radical (unpaired) electrons. The normalized spacial score (nSPS) is 10.1. The third-order valence-corrected chi connectivity index (χ3v) is 3.00. The highest BCUT2D eigenvalue weighted by atomic mass is 32.1. The summed E-state index contributed by atoms with van der Waals surface area (Å²) >= 11 is 0.717. The van der Waals surface area contributed by atoms with Gasteiger partial charge in [0.1, 0.15) is 6.20 Å². The Labute approximate surface area is 110 Å². The van der Waals surface area contributed by atoms with Gasteiger partial charge in [0.2, 0.25) is 0 Å². The van der Waals surface area contributed by atoms with Gasteiger partial charge in [-0.1, -0.05) is 0 Å². The predicted octanol–water partition coefficient (Wildman–Crippen LogP) is 1.71. The van der Waals surface area contributed by atoms with Crippen molar-refractivity contribution < 1.29 is 19.9 Å². The highest BCUT2D eigenvalue weighted by Gasteiger charge is 2.15. The van der Waals surface area contributed by atoms with Gasteiger partial charge in [-0.15, -0.1) is 0 Å². The summed E-state index contributed by atoms with van der Waals surface area (Å²) in [7, 11) is 0. The minimum absolute atomic E-state index is 0.0734. The number of nitrogens with one attached hydrogen (secondary N) is 1. The van der Waals surface area contributed by atoms with Crippen LogP contribution in [0.4, 0.5) is 10.1 Å². The number of carbonyl (C=O) groups excluding carboxylic acids is 1. The lowest BCUT2D eigenvalue weighted by molar-refractivity contribution is -0.380. The maximum absolute atomic E-state index is 11.7. The summed E-state index contributed by atoms with van der Waals surface area (Å²) in [4.78, 5) is 25.3. The number of phenols is 2. The number of amides is 1. The molecule has 98 valence electrons. The second-order valence-electron chi connectivity index (χ2n) is 3.42. The number of phenolic OH excluding ortho intramolecular Hbond substituents is 2. The van der Waals surface area contributed by atoms with Crippen molar-refractivity contribution >= 4 is 27.4 Å². The predicted molar refractivity (Wildman–Crippen MR) is 66.5 cm³/mol. The molecule has 1 amide bonds. The third-order valence-electron chi connectivity index (χ3n) is 2.13. The quantitative estimate of drug-likeness (QED) is 0.446. The van der Waals surface area contributed by atoms with Gasteiger partial charge in [0.05, 0.1) is 4.92 Å². The van der Waals surface area contributed by atoms with Gasteiger partial charge in [-0.05, 0) is 29.5 Å². The molecule has 1 aromatic heterocycles. The van der Waals surface area contributed by atoms with Gasteiger partial charge < -0.3 is 10.2 Å². The fourth-order valence-corrected chi connectivity index (χ4v) is 1.87. The molecular formula is C10H7N3O5S. The molecule has 0 bridgehead atoms. The second-order valence-corrected chi connectivity index (χ2v) is 4.43. The van der Waals surface area contributed by atoms with Crippen LogP contribution in [0.3, 0.4) is 0 Å². The zero-order valence-electron chi connectivity index (χ0n) is 9.23. The second kappa shape index (κ2) is 4.90. The van der Waals surface area contributed by atoms with Crippen LogP contribution in [0.1, 0.15) is 10.4 Å². The Morgan fingerprint density at radius 3 is 2.68 bits per heavy atom. The first-order valence-electron chi connectivity index (χ1n) is 4.91. The number of rotatable bonds is 3. The van der Waals surface area contributed by atoms with Gasteiger partial charge in [-0.3, -0.25) is 20.2 Å². The van der Waals surface area contributed by atoms with E-state index in [2.05, 4.69) is 10.3 Å². The highest BCUT2D eigenvalue weighted by Crippen LogP contribution is 2.27. The molecule has 0 aliphatic rings. The zero-order chi connectivity index (χ0) is 14.0. The largest absolute Gasteiger partial charge is 0.504 e. The minimum atomic E-state index is -0.611. The molecular weight excluding hydrogens is 274 g/mol. The van der Waals surface area contributed by atoms with Gasteiger partial charge in [0, 0.05) is 5.56 Å². The molecule has 2 aromatic rings. The molecule has 2 rings (SSSR count). The minimum Gasteiger partial charge on any atom is -0.504 e. The van der Waals surface area contributed by atoms with Crippen molar-refractivity contribution in [1.29, 1.82) is 0 Å². The summed E-state index contributed by atoms with van der Waals surface area (Å²) in [5.41, 5.74) is 0.0909. The standard InChI is InChI=1S/C10H7N3O5S/c14-6-2-1-5(3-7(6)15)9(16)12-10-11-4-8(19-10)13(17)18/h1-4,14-15H,(H,11,12,16). The summed E-state index contributed by atoms with van der Waals surface area (Å²) in [5, 5.41) is 31.1. The molecule has 8 nitrogen and oxygen atoms in total. The first kappa shape index (κ1) is 12.8. The Balaban J connectivity index is 2.15. The Kier molecular flexibility index (Phi) is 3.29. The number of aromatic nitrogens is 1. The Bertz CT molecular complexity index is 654. The molecule has 0 atom stereocenters. The van der Waals surface area contributed by atoms with Crippen molar-refractivity contribution in [2.24, 2.45) is 0 Å². The molecule has 3 N–H and O–H groups in total. The van der Waals surface area contributed by atoms with E-state index in [1.54, 1.807) is 0 Å². The maximum Gasteiger partial charge on any atom is 0.345 e. The van der Waals surface area contributed by atoms with Crippen LogP contribution < -0.4 is 5.32 Å². The summed E-state index contributed by atoms with van der Waals surface area (Å²) in [5.74, 6) is -1.38. The summed E-state index contributed by atoms with van der Waals surface area (Å²) in [6, 6.07) is 3.54. The molecule has 0 saturated carbocycles. The van der Waals surface area contributed by atoms with Crippen LogP contribution in [0.15, 0.2) is 24.4 Å². The lowest BCUT2D eigenvalue weighted by Crippen LogP contribution is -2.11. The van der Waals surface area contributed by atoms with Crippen molar-refractivity contribution in [3.63, 3.8) is 0 Å². The smallest absolute Gasteiger partial charge is 0.345 e. The summed E-state index contributed by atoms with van der Waals surface area (Å²) in [6.45, 7) is 0. The van der Waals surface area contributed by atoms with E-state index in [0.717, 1.165) is 29.7 Å². The molecule has 1 heterocycles. The van der Waals surface area contributed by atoms with E-state index in [4.69, 9.17) is 5.11 Å². The van der Waals surface area contributed by atoms with Crippen LogP contribution in [0.2, 0.25) is 0 Å². The Morgan fingerprint density at radius 2 is 2.11 bits per heavy atom. The van der Waals surface area contributed by atoms with E-state index in [1.807, 2.05) is 0 Å². The number of thiazole rings is 1. The Hall–Kier alpha value is -2.68. The number of nitro groups is 1. The van der Waals surface area contributed by atoms with Gasteiger partial charge >= 0.3 is 5.00 Å². The first-order chi connectivity index (χ1) is 8.97. The van der Waals surface area contributed by atoms with Gasteiger partial charge in [-0.25, -0.2) is 4.98 Å². The van der Waals surface area contributed by atoms with Gasteiger partial charge in [0.15, 0.2) is 16.6 Å². The van der Waals surface area contributed by atoms with Crippen molar-refractivity contribution in [2.45, 2.75) is 0 Å². The molecule has 19 heavy (non-hydrogen) atoms. The maximum atomic E-state index is 11.7. The monoisotopic (exact) mass is 281 g/mol. The lowest BCUT2D eigenvalue weighted by Gasteiger charge is -2.03. The van der Waals surface area contributed by atoms with Crippen LogP contribution in [0.5, 0.6) is 11.5 Å². The summed E-state index contributed by atoms with van der Waals surface area (Å²) in [6.07, 6.45) is 1.04. The molecule has 0 aliphatic carbocycles. The van der Waals surface area contributed by atoms with E-state index in [9.17, 15) is 20.0 Å². The van der Waals surface area contributed by atoms with Crippen molar-refractivity contribution in [3.8, 4) is 11.5 Å². The van der Waals surface area contributed by atoms with E-state index in [1.165, 1.54) is 6.07 Å². The van der Waals surface area contributed by atoms with Gasteiger partial charge in [-0.2, -0.15) is 0 Å². The first-order valence-corrected chi connectivity index (χ1v) is 5.72. The van der Waals surface area contributed by atoms with Crippen molar-refractivity contribution in [2.75, 3.05) is 5.32 Å². The molecule has 0 aliphatic heterocycles. The number of hydrogen-bond acceptors (Lipinski definition) is 7. The molecule has 0 spiro atoms. The Morgan fingerprint density at radius 1 is 1.37 bits per heavy atom. The van der Waals surface area contributed by atoms with E-state index >= 15 is 0 Å². The molecule has 9 heteroatoms. The third kappa shape index (κ3) is 2.77. The highest BCUT2D eigenvalue weighted by molar-refractivity contribution is 7.18. The average Bonchev–Trinajstić information content (AvgIpc) is 2.81. The van der Waals surface area contributed by atoms with Crippen LogP contribution in [0.25, 0.3) is 0 Å². The van der Waals surface area contributed by atoms with Crippen LogP contribution in [-0.2, 0) is 0 Å². The topological polar surface area (TPSA) is 126 Å². The number of hydrogen-bond donors (Lipinski definition) is 3. The number of benzene rings is 1. The fraction of sp³-hybridized carbons (Fsp3) is 0. The van der Waals surface area contributed by atoms with Gasteiger partial charge in [0.25, 0.3) is 5.91 Å². The average molecular weight is 281 g/mol. The van der Waals surface area contributed by atoms with Crippen molar-refractivity contribution in [1.82, 2.24) is 4.98 Å². The van der Waals surface area contributed by atoms with Crippen LogP contribution in [-0.4, -0.2) is 26.0 Å². The van der Waals surface area contributed by atoms with Crippen molar-refractivity contribution in [3.05, 3.63) is 40.1 Å².